The van der Waals surface area contributed by atoms with E-state index in [0.29, 0.717) is 0 Å². The summed E-state index contributed by atoms with van der Waals surface area (Å²) in [7, 11) is 1.34. The lowest BCUT2D eigenvalue weighted by Gasteiger charge is -2.07. The Labute approximate surface area is 96.1 Å². The zero-order valence-electron chi connectivity index (χ0n) is 8.40. The number of ether oxygens (including phenoxy) is 1. The minimum Gasteiger partial charge on any atom is -0.496 e. The topological polar surface area (TPSA) is 95.5 Å². The van der Waals surface area contributed by atoms with Gasteiger partial charge in [0, 0.05) is 12.1 Å². The molecule has 7 heteroatoms. The average Bonchev–Trinajstić information content (AvgIpc) is 2.27. The summed E-state index contributed by atoms with van der Waals surface area (Å²) in [6, 6.07) is 2.30. The molecule has 0 radical (unpaired) electrons. The summed E-state index contributed by atoms with van der Waals surface area (Å²) >= 11 is 5.38. The quantitative estimate of drug-likeness (QED) is 0.285. The molecule has 1 rings (SSSR count). The molecule has 6 nitrogen and oxygen atoms in total. The van der Waals surface area contributed by atoms with Gasteiger partial charge in [-0.1, -0.05) is 0 Å². The normalized spacial score (nSPS) is 9.88. The maximum Gasteiger partial charge on any atom is 0.293 e. The van der Waals surface area contributed by atoms with Crippen LogP contribution in [-0.4, -0.2) is 23.7 Å². The van der Waals surface area contributed by atoms with Crippen molar-refractivity contribution in [3.8, 4) is 5.75 Å². The van der Waals surface area contributed by atoms with Crippen LogP contribution >= 0.6 is 11.6 Å². The highest BCUT2D eigenvalue weighted by atomic mass is 35.5. The maximum atomic E-state index is 11.4. The summed E-state index contributed by atoms with van der Waals surface area (Å²) in [6.45, 7) is 0. The Morgan fingerprint density at radius 2 is 2.25 bits per heavy atom. The van der Waals surface area contributed by atoms with Crippen molar-refractivity contribution in [3.63, 3.8) is 0 Å². The number of nitrogen functional groups attached to an aromatic ring is 1. The largest absolute Gasteiger partial charge is 0.496 e. The molecule has 0 aliphatic rings. The van der Waals surface area contributed by atoms with Gasteiger partial charge in [-0.25, -0.2) is 0 Å². The molecule has 1 aromatic carbocycles. The molecule has 0 spiro atoms. The highest BCUT2D eigenvalue weighted by Crippen LogP contribution is 2.30. The number of carbonyl (C=O) groups is 1. The Morgan fingerprint density at radius 3 is 2.69 bits per heavy atom. The van der Waals surface area contributed by atoms with E-state index in [-0.39, 0.29) is 28.6 Å². The zero-order valence-corrected chi connectivity index (χ0v) is 9.15. The lowest BCUT2D eigenvalue weighted by Crippen LogP contribution is -2.06. The molecule has 0 bridgehead atoms. The van der Waals surface area contributed by atoms with Crippen LogP contribution in [0.2, 0.25) is 0 Å². The van der Waals surface area contributed by atoms with Gasteiger partial charge in [0.1, 0.15) is 11.4 Å². The third-order valence-corrected chi connectivity index (χ3v) is 2.21. The number of hydrogen-bond donors (Lipinski definition) is 1. The summed E-state index contributed by atoms with van der Waals surface area (Å²) in [6.07, 6.45) is 0. The number of benzene rings is 1. The molecule has 0 aliphatic heterocycles. The van der Waals surface area contributed by atoms with E-state index >= 15 is 0 Å². The van der Waals surface area contributed by atoms with Crippen LogP contribution in [0, 0.1) is 10.1 Å². The molecule has 0 unspecified atom stereocenters. The number of methoxy groups -OCH3 is 1. The van der Waals surface area contributed by atoms with Gasteiger partial charge in [-0.15, -0.1) is 11.6 Å². The van der Waals surface area contributed by atoms with Crippen molar-refractivity contribution < 1.29 is 14.5 Å². The molecule has 0 heterocycles. The van der Waals surface area contributed by atoms with Gasteiger partial charge < -0.3 is 10.5 Å². The second kappa shape index (κ2) is 4.80. The molecule has 2 N–H and O–H groups in total. The number of nitro benzene ring substituents is 1. The first-order valence-corrected chi connectivity index (χ1v) is 4.75. The van der Waals surface area contributed by atoms with Gasteiger partial charge in [-0.3, -0.25) is 14.9 Å². The number of nitrogens with zero attached hydrogens (tertiary/aromatic N) is 1. The maximum absolute atomic E-state index is 11.4. The third kappa shape index (κ3) is 2.22. The van der Waals surface area contributed by atoms with Crippen molar-refractivity contribution in [2.24, 2.45) is 0 Å². The summed E-state index contributed by atoms with van der Waals surface area (Å²) in [5, 5.41) is 10.6. The van der Waals surface area contributed by atoms with Crippen LogP contribution in [0.3, 0.4) is 0 Å². The second-order valence-corrected chi connectivity index (χ2v) is 3.19. The molecule has 0 saturated carbocycles. The van der Waals surface area contributed by atoms with Gasteiger partial charge in [0.2, 0.25) is 0 Å². The Bertz CT molecular complexity index is 447. The highest BCUT2D eigenvalue weighted by Gasteiger charge is 2.20. The van der Waals surface area contributed by atoms with Gasteiger partial charge in [-0.2, -0.15) is 0 Å². The number of nitrogens with two attached hydrogens (primary N) is 1. The van der Waals surface area contributed by atoms with Crippen LogP contribution in [0.1, 0.15) is 10.4 Å². The fourth-order valence-corrected chi connectivity index (χ4v) is 1.34. The third-order valence-electron chi connectivity index (χ3n) is 1.97. The Hall–Kier alpha value is -1.82. The Morgan fingerprint density at radius 1 is 1.62 bits per heavy atom. The Balaban J connectivity index is 3.40. The standard InChI is InChI=1S/C9H9ClN2O4/c1-16-9-3-6(11)7(12(14)15)2-5(9)8(13)4-10/h2-3H,4,11H2,1H3. The lowest BCUT2D eigenvalue weighted by molar-refractivity contribution is -0.383. The molecule has 0 aliphatic carbocycles. The van der Waals surface area contributed by atoms with E-state index in [9.17, 15) is 14.9 Å². The molecular weight excluding hydrogens is 236 g/mol. The summed E-state index contributed by atoms with van der Waals surface area (Å²) in [5.41, 5.74) is 5.10. The number of nitro groups is 1. The fraction of sp³-hybridized carbons (Fsp3) is 0.222. The van der Waals surface area contributed by atoms with E-state index in [1.807, 2.05) is 0 Å². The van der Waals surface area contributed by atoms with Gasteiger partial charge in [-0.05, 0) is 0 Å². The smallest absolute Gasteiger partial charge is 0.293 e. The van der Waals surface area contributed by atoms with E-state index in [4.69, 9.17) is 22.1 Å². The molecule has 1 aromatic rings. The number of anilines is 1. The minimum absolute atomic E-state index is 0.0541. The van der Waals surface area contributed by atoms with E-state index < -0.39 is 10.7 Å². The molecule has 0 aromatic heterocycles. The minimum atomic E-state index is -0.667. The number of hydrogen-bond acceptors (Lipinski definition) is 5. The Kier molecular flexibility index (Phi) is 3.68. The predicted molar refractivity (Wildman–Crippen MR) is 59.1 cm³/mol. The van der Waals surface area contributed by atoms with Crippen LogP contribution in [0.25, 0.3) is 0 Å². The van der Waals surface area contributed by atoms with Crippen LogP contribution < -0.4 is 10.5 Å². The highest BCUT2D eigenvalue weighted by molar-refractivity contribution is 6.30. The number of halogens is 1. The first-order chi connectivity index (χ1) is 7.51. The van der Waals surface area contributed by atoms with E-state index in [1.54, 1.807) is 0 Å². The van der Waals surface area contributed by atoms with E-state index in [1.165, 1.54) is 13.2 Å². The van der Waals surface area contributed by atoms with Crippen molar-refractivity contribution >= 4 is 28.8 Å². The predicted octanol–water partition coefficient (Wildman–Crippen LogP) is 1.61. The first-order valence-electron chi connectivity index (χ1n) is 4.22. The molecule has 0 amide bonds. The number of alkyl halides is 1. The molecule has 0 atom stereocenters. The summed E-state index contributed by atoms with van der Waals surface area (Å²) < 4.78 is 4.90. The molecule has 86 valence electrons. The average molecular weight is 245 g/mol. The lowest BCUT2D eigenvalue weighted by atomic mass is 10.1. The van der Waals surface area contributed by atoms with Crippen molar-refractivity contribution in [3.05, 3.63) is 27.8 Å². The number of Topliss-reactive ketones (excluding diaryl/α,β-unsaturated/α-hetero) is 1. The van der Waals surface area contributed by atoms with E-state index in [2.05, 4.69) is 0 Å². The van der Waals surface area contributed by atoms with E-state index in [0.717, 1.165) is 6.07 Å². The van der Waals surface area contributed by atoms with Crippen LogP contribution in [0.4, 0.5) is 11.4 Å². The van der Waals surface area contributed by atoms with Crippen LogP contribution in [0.15, 0.2) is 12.1 Å². The number of ketones is 1. The second-order valence-electron chi connectivity index (χ2n) is 2.93. The summed E-state index contributed by atoms with van der Waals surface area (Å²) in [4.78, 5) is 21.4. The van der Waals surface area contributed by atoms with Crippen LogP contribution in [0.5, 0.6) is 5.75 Å². The van der Waals surface area contributed by atoms with Gasteiger partial charge in [0.05, 0.1) is 23.5 Å². The monoisotopic (exact) mass is 244 g/mol. The number of carbonyl (C=O) groups excluding carboxylic acids is 1. The van der Waals surface area contributed by atoms with Crippen molar-refractivity contribution in [2.75, 3.05) is 18.7 Å². The van der Waals surface area contributed by atoms with Gasteiger partial charge in [0.15, 0.2) is 5.78 Å². The van der Waals surface area contributed by atoms with Crippen molar-refractivity contribution in [1.29, 1.82) is 0 Å². The van der Waals surface area contributed by atoms with Gasteiger partial charge in [0.25, 0.3) is 5.69 Å². The first kappa shape index (κ1) is 12.3. The fourth-order valence-electron chi connectivity index (χ4n) is 1.20. The molecular formula is C9H9ClN2O4. The molecule has 0 fully saturated rings. The molecule has 16 heavy (non-hydrogen) atoms. The summed E-state index contributed by atoms with van der Waals surface area (Å²) in [5.74, 6) is -0.562. The van der Waals surface area contributed by atoms with Gasteiger partial charge >= 0.3 is 0 Å². The SMILES string of the molecule is COc1cc(N)c([N+](=O)[O-])cc1C(=O)CCl. The number of rotatable bonds is 4. The van der Waals surface area contributed by atoms with Crippen LogP contribution in [-0.2, 0) is 0 Å². The van der Waals surface area contributed by atoms with Crippen molar-refractivity contribution in [2.45, 2.75) is 0 Å². The zero-order chi connectivity index (χ0) is 12.3. The van der Waals surface area contributed by atoms with Crippen molar-refractivity contribution in [1.82, 2.24) is 0 Å². The molecule has 0 saturated heterocycles.